The number of nitro benzene ring substituents is 1. The van der Waals surface area contributed by atoms with Crippen molar-refractivity contribution in [3.63, 3.8) is 0 Å². The van der Waals surface area contributed by atoms with Crippen LogP contribution in [-0.4, -0.2) is 38.1 Å². The van der Waals surface area contributed by atoms with Crippen molar-refractivity contribution >= 4 is 60.6 Å². The number of benzene rings is 2. The summed E-state index contributed by atoms with van der Waals surface area (Å²) in [6.07, 6.45) is 0.973. The van der Waals surface area contributed by atoms with E-state index in [4.69, 9.17) is 16.3 Å². The number of nitro groups is 1. The fourth-order valence-corrected chi connectivity index (χ4v) is 3.31. The lowest BCUT2D eigenvalue weighted by Gasteiger charge is -2.09. The predicted octanol–water partition coefficient (Wildman–Crippen LogP) is 3.21. The highest BCUT2D eigenvalue weighted by Crippen LogP contribution is 2.27. The van der Waals surface area contributed by atoms with Crippen LogP contribution in [0.25, 0.3) is 0 Å². The van der Waals surface area contributed by atoms with E-state index in [0.717, 1.165) is 12.3 Å². The van der Waals surface area contributed by atoms with Gasteiger partial charge in [-0.15, -0.1) is 0 Å². The molecule has 0 aliphatic rings. The first kappa shape index (κ1) is 21.8. The maximum absolute atomic E-state index is 12.1. The predicted molar refractivity (Wildman–Crippen MR) is 104 cm³/mol. The lowest BCUT2D eigenvalue weighted by molar-refractivity contribution is -0.384. The van der Waals surface area contributed by atoms with Crippen molar-refractivity contribution in [1.29, 1.82) is 0 Å². The molecular weight excluding hydrogens is 480 g/mol. The molecule has 0 bridgehead atoms. The number of rotatable bonds is 6. The molecule has 0 spiro atoms. The van der Waals surface area contributed by atoms with E-state index in [-0.39, 0.29) is 31.3 Å². The number of carbonyl (C=O) groups is 2. The summed E-state index contributed by atoms with van der Waals surface area (Å²) in [6.45, 7) is -0.679. The minimum absolute atomic E-state index is 0.0316. The SMILES string of the molecule is CS(=O)(=O)c1ccc(Cl)c(C(=O)OCC(=O)Nc2ccc([N+](=O)[O-])cc2Br)c1. The van der Waals surface area contributed by atoms with Crippen molar-refractivity contribution < 1.29 is 27.7 Å². The van der Waals surface area contributed by atoms with Gasteiger partial charge >= 0.3 is 5.97 Å². The largest absolute Gasteiger partial charge is 0.452 e. The fraction of sp³-hybridized carbons (Fsp3) is 0.125. The first-order valence-corrected chi connectivity index (χ1v) is 10.5. The minimum Gasteiger partial charge on any atom is -0.452 e. The third kappa shape index (κ3) is 5.50. The molecule has 148 valence electrons. The molecule has 1 amide bonds. The van der Waals surface area contributed by atoms with Crippen LogP contribution in [0.3, 0.4) is 0 Å². The average Bonchev–Trinajstić information content (AvgIpc) is 2.60. The third-order valence-electron chi connectivity index (χ3n) is 3.36. The lowest BCUT2D eigenvalue weighted by Crippen LogP contribution is -2.21. The zero-order valence-electron chi connectivity index (χ0n) is 14.1. The van der Waals surface area contributed by atoms with Crippen molar-refractivity contribution in [2.75, 3.05) is 18.2 Å². The van der Waals surface area contributed by atoms with Gasteiger partial charge in [0.2, 0.25) is 0 Å². The van der Waals surface area contributed by atoms with Gasteiger partial charge in [0.25, 0.3) is 11.6 Å². The highest BCUT2D eigenvalue weighted by molar-refractivity contribution is 9.10. The quantitative estimate of drug-likeness (QED) is 0.373. The second kappa shape index (κ2) is 8.67. The van der Waals surface area contributed by atoms with Crippen LogP contribution in [0.2, 0.25) is 5.02 Å². The van der Waals surface area contributed by atoms with Gasteiger partial charge in [-0.05, 0) is 40.2 Å². The van der Waals surface area contributed by atoms with Crippen molar-refractivity contribution in [3.8, 4) is 0 Å². The number of nitrogens with zero attached hydrogens (tertiary/aromatic N) is 1. The number of hydrogen-bond donors (Lipinski definition) is 1. The second-order valence-electron chi connectivity index (χ2n) is 5.46. The van der Waals surface area contributed by atoms with Gasteiger partial charge in [0, 0.05) is 22.9 Å². The standard InChI is InChI=1S/C16H12BrClN2O7S/c1-28(25,26)10-3-4-13(18)11(7-10)16(22)27-8-15(21)19-14-5-2-9(20(23)24)6-12(14)17/h2-7H,8H2,1H3,(H,19,21). The summed E-state index contributed by atoms with van der Waals surface area (Å²) in [7, 11) is -3.56. The van der Waals surface area contributed by atoms with Gasteiger partial charge in [0.1, 0.15) is 0 Å². The molecule has 9 nitrogen and oxygen atoms in total. The van der Waals surface area contributed by atoms with Crippen molar-refractivity contribution in [3.05, 3.63) is 61.6 Å². The number of ether oxygens (including phenoxy) is 1. The Hall–Kier alpha value is -2.50. The fourth-order valence-electron chi connectivity index (χ4n) is 2.01. The van der Waals surface area contributed by atoms with Crippen LogP contribution in [0.5, 0.6) is 0 Å². The van der Waals surface area contributed by atoms with E-state index in [1.807, 2.05) is 0 Å². The molecular formula is C16H12BrClN2O7S. The number of anilines is 1. The normalized spacial score (nSPS) is 11.0. The molecule has 0 aromatic heterocycles. The van der Waals surface area contributed by atoms with Gasteiger partial charge < -0.3 is 10.1 Å². The molecule has 0 saturated heterocycles. The molecule has 0 saturated carbocycles. The molecule has 0 fully saturated rings. The third-order valence-corrected chi connectivity index (χ3v) is 5.45. The van der Waals surface area contributed by atoms with Crippen LogP contribution >= 0.6 is 27.5 Å². The van der Waals surface area contributed by atoms with E-state index >= 15 is 0 Å². The van der Waals surface area contributed by atoms with E-state index in [1.54, 1.807) is 0 Å². The van der Waals surface area contributed by atoms with Gasteiger partial charge in [0.15, 0.2) is 16.4 Å². The zero-order valence-corrected chi connectivity index (χ0v) is 17.3. The molecule has 0 unspecified atom stereocenters. The number of amides is 1. The number of sulfone groups is 1. The Bertz CT molecular complexity index is 1070. The van der Waals surface area contributed by atoms with Crippen LogP contribution in [-0.2, 0) is 19.4 Å². The highest BCUT2D eigenvalue weighted by atomic mass is 79.9. The molecule has 0 atom stereocenters. The number of hydrogen-bond acceptors (Lipinski definition) is 7. The first-order valence-electron chi connectivity index (χ1n) is 7.39. The monoisotopic (exact) mass is 490 g/mol. The van der Waals surface area contributed by atoms with Crippen molar-refractivity contribution in [2.45, 2.75) is 4.90 Å². The summed E-state index contributed by atoms with van der Waals surface area (Å²) in [5.41, 5.74) is -0.130. The Morgan fingerprint density at radius 3 is 2.50 bits per heavy atom. The highest BCUT2D eigenvalue weighted by Gasteiger charge is 2.18. The molecule has 2 rings (SSSR count). The van der Waals surface area contributed by atoms with E-state index in [1.165, 1.54) is 30.3 Å². The summed E-state index contributed by atoms with van der Waals surface area (Å²) in [5, 5.41) is 13.1. The molecule has 0 radical (unpaired) electrons. The Morgan fingerprint density at radius 1 is 1.25 bits per heavy atom. The van der Waals surface area contributed by atoms with Crippen LogP contribution in [0.1, 0.15) is 10.4 Å². The smallest absolute Gasteiger partial charge is 0.340 e. The Balaban J connectivity index is 2.05. The van der Waals surface area contributed by atoms with Crippen molar-refractivity contribution in [2.24, 2.45) is 0 Å². The van der Waals surface area contributed by atoms with Gasteiger partial charge in [-0.2, -0.15) is 0 Å². The maximum Gasteiger partial charge on any atom is 0.340 e. The van der Waals surface area contributed by atoms with Crippen molar-refractivity contribution in [1.82, 2.24) is 0 Å². The van der Waals surface area contributed by atoms with E-state index in [0.29, 0.717) is 0 Å². The van der Waals surface area contributed by atoms with Crippen LogP contribution in [0, 0.1) is 10.1 Å². The summed E-state index contributed by atoms with van der Waals surface area (Å²) in [4.78, 5) is 34.1. The van der Waals surface area contributed by atoms with E-state index < -0.39 is 33.2 Å². The minimum atomic E-state index is -3.56. The summed E-state index contributed by atoms with van der Waals surface area (Å²) >= 11 is 8.99. The number of nitrogens with one attached hydrogen (secondary N) is 1. The zero-order chi connectivity index (χ0) is 21.1. The summed E-state index contributed by atoms with van der Waals surface area (Å²) in [5.74, 6) is -1.69. The topological polar surface area (TPSA) is 133 Å². The molecule has 12 heteroatoms. The van der Waals surface area contributed by atoms with E-state index in [9.17, 15) is 28.1 Å². The molecule has 1 N–H and O–H groups in total. The van der Waals surface area contributed by atoms with Crippen LogP contribution < -0.4 is 5.32 Å². The number of non-ortho nitro benzene ring substituents is 1. The Labute approximate surface area is 172 Å². The van der Waals surface area contributed by atoms with E-state index in [2.05, 4.69) is 21.2 Å². The van der Waals surface area contributed by atoms with Gasteiger partial charge in [-0.1, -0.05) is 11.6 Å². The molecule has 2 aromatic carbocycles. The number of halogens is 2. The molecule has 0 heterocycles. The van der Waals surface area contributed by atoms with Crippen LogP contribution in [0.4, 0.5) is 11.4 Å². The van der Waals surface area contributed by atoms with Gasteiger partial charge in [-0.25, -0.2) is 13.2 Å². The summed E-state index contributed by atoms with van der Waals surface area (Å²) < 4.78 is 28.3. The molecule has 28 heavy (non-hydrogen) atoms. The number of carbonyl (C=O) groups excluding carboxylic acids is 2. The number of esters is 1. The molecule has 0 aliphatic carbocycles. The summed E-state index contributed by atoms with van der Waals surface area (Å²) in [6, 6.07) is 7.26. The maximum atomic E-state index is 12.1. The first-order chi connectivity index (χ1) is 13.0. The van der Waals surface area contributed by atoms with Crippen LogP contribution in [0.15, 0.2) is 45.8 Å². The molecule has 0 aliphatic heterocycles. The Kier molecular flexibility index (Phi) is 6.75. The Morgan fingerprint density at radius 2 is 1.93 bits per heavy atom. The molecule has 2 aromatic rings. The second-order valence-corrected chi connectivity index (χ2v) is 8.74. The average molecular weight is 492 g/mol. The lowest BCUT2D eigenvalue weighted by atomic mass is 10.2. The van der Waals surface area contributed by atoms with Gasteiger partial charge in [0.05, 0.1) is 26.1 Å². The van der Waals surface area contributed by atoms with Gasteiger partial charge in [-0.3, -0.25) is 14.9 Å².